The molecule has 1 aromatic carbocycles. The van der Waals surface area contributed by atoms with E-state index < -0.39 is 0 Å². The van der Waals surface area contributed by atoms with Gasteiger partial charge in [0.15, 0.2) is 17.2 Å². The smallest absolute Gasteiger partial charge is 0.276 e. The summed E-state index contributed by atoms with van der Waals surface area (Å²) in [5, 5.41) is 16.5. The molecular weight excluding hydrogens is 514 g/mol. The fourth-order valence-electron chi connectivity index (χ4n) is 3.87. The first kappa shape index (κ1) is 24.5. The van der Waals surface area contributed by atoms with Crippen LogP contribution in [0.15, 0.2) is 34.9 Å². The molecule has 3 aromatic heterocycles. The maximum atomic E-state index is 12.9. The standard InChI is InChI=1S/C24H28BrN7O3/c1-14-22(25)16(3)32(27-14)13-30-10-9-19(29-30)24(33)26-23-15(2)28-31(17(23)4)12-18-7-8-20(34-5)21(11-18)35-6/h7-11H,12-13H2,1-6H3,(H,26,33). The largest absolute Gasteiger partial charge is 0.493 e. The highest BCUT2D eigenvalue weighted by Gasteiger charge is 2.18. The SMILES string of the molecule is COc1ccc(Cn2nc(C)c(NC(=O)c3ccn(Cn4nc(C)c(Br)c4C)n3)c2C)cc1OC. The Balaban J connectivity index is 1.48. The zero-order valence-corrected chi connectivity index (χ0v) is 22.2. The Morgan fingerprint density at radius 1 is 0.943 bits per heavy atom. The molecule has 10 nitrogen and oxygen atoms in total. The van der Waals surface area contributed by atoms with Crippen LogP contribution in [0.1, 0.15) is 38.8 Å². The number of anilines is 1. The van der Waals surface area contributed by atoms with Gasteiger partial charge in [-0.25, -0.2) is 4.68 Å². The number of amides is 1. The highest BCUT2D eigenvalue weighted by molar-refractivity contribution is 9.10. The van der Waals surface area contributed by atoms with E-state index in [-0.39, 0.29) is 5.91 Å². The second-order valence-corrected chi connectivity index (χ2v) is 9.01. The molecule has 1 amide bonds. The number of ether oxygens (including phenoxy) is 2. The Morgan fingerprint density at radius 2 is 1.66 bits per heavy atom. The first-order chi connectivity index (χ1) is 16.7. The molecule has 0 radical (unpaired) electrons. The molecule has 3 heterocycles. The minimum Gasteiger partial charge on any atom is -0.493 e. The lowest BCUT2D eigenvalue weighted by Crippen LogP contribution is -2.16. The molecular formula is C24H28BrN7O3. The van der Waals surface area contributed by atoms with Crippen molar-refractivity contribution in [3.63, 3.8) is 0 Å². The molecule has 0 bridgehead atoms. The molecule has 0 saturated heterocycles. The molecule has 4 aromatic rings. The molecule has 0 aliphatic rings. The van der Waals surface area contributed by atoms with Crippen LogP contribution in [0.4, 0.5) is 5.69 Å². The third-order valence-electron chi connectivity index (χ3n) is 5.85. The molecule has 0 aliphatic carbocycles. The number of aromatic nitrogens is 6. The number of hydrogen-bond donors (Lipinski definition) is 1. The van der Waals surface area contributed by atoms with E-state index in [2.05, 4.69) is 36.5 Å². The van der Waals surface area contributed by atoms with Gasteiger partial charge in [0.1, 0.15) is 6.67 Å². The fraction of sp³-hybridized carbons (Fsp3) is 0.333. The highest BCUT2D eigenvalue weighted by atomic mass is 79.9. The van der Waals surface area contributed by atoms with Crippen molar-refractivity contribution in [2.24, 2.45) is 0 Å². The van der Waals surface area contributed by atoms with E-state index in [1.165, 1.54) is 0 Å². The second kappa shape index (κ2) is 9.95. The van der Waals surface area contributed by atoms with E-state index >= 15 is 0 Å². The average Bonchev–Trinajstić information content (AvgIpc) is 3.49. The van der Waals surface area contributed by atoms with Gasteiger partial charge in [0.2, 0.25) is 0 Å². The Bertz CT molecular complexity index is 1390. The third-order valence-corrected chi connectivity index (χ3v) is 6.99. The van der Waals surface area contributed by atoms with Gasteiger partial charge in [-0.05, 0) is 67.4 Å². The number of benzene rings is 1. The molecule has 4 rings (SSSR count). The number of aryl methyl sites for hydroxylation is 2. The zero-order valence-electron chi connectivity index (χ0n) is 20.6. The average molecular weight is 542 g/mol. The normalized spacial score (nSPS) is 11.1. The van der Waals surface area contributed by atoms with Gasteiger partial charge in [-0.1, -0.05) is 6.07 Å². The zero-order chi connectivity index (χ0) is 25.3. The quantitative estimate of drug-likeness (QED) is 0.360. The van der Waals surface area contributed by atoms with Crippen LogP contribution in [0.2, 0.25) is 0 Å². The molecule has 11 heteroatoms. The summed E-state index contributed by atoms with van der Waals surface area (Å²) in [4.78, 5) is 12.9. The number of methoxy groups -OCH3 is 2. The number of hydrogen-bond acceptors (Lipinski definition) is 6. The summed E-state index contributed by atoms with van der Waals surface area (Å²) in [5.74, 6) is 1.03. The summed E-state index contributed by atoms with van der Waals surface area (Å²) in [7, 11) is 3.21. The number of nitrogens with zero attached hydrogens (tertiary/aromatic N) is 6. The van der Waals surface area contributed by atoms with Gasteiger partial charge in [0.25, 0.3) is 5.91 Å². The monoisotopic (exact) mass is 541 g/mol. The van der Waals surface area contributed by atoms with Crippen LogP contribution in [-0.2, 0) is 13.2 Å². The van der Waals surface area contributed by atoms with Gasteiger partial charge in [0.05, 0.1) is 53.7 Å². The molecule has 0 aliphatic heterocycles. The first-order valence-corrected chi connectivity index (χ1v) is 11.8. The Labute approximate surface area is 212 Å². The van der Waals surface area contributed by atoms with Crippen LogP contribution in [-0.4, -0.2) is 49.5 Å². The van der Waals surface area contributed by atoms with Crippen molar-refractivity contribution in [1.29, 1.82) is 0 Å². The van der Waals surface area contributed by atoms with Gasteiger partial charge in [-0.3, -0.25) is 14.2 Å². The predicted molar refractivity (Wildman–Crippen MR) is 135 cm³/mol. The molecule has 0 unspecified atom stereocenters. The van der Waals surface area contributed by atoms with Crippen LogP contribution < -0.4 is 14.8 Å². The topological polar surface area (TPSA) is 101 Å². The van der Waals surface area contributed by atoms with Crippen molar-refractivity contribution in [2.75, 3.05) is 19.5 Å². The summed E-state index contributed by atoms with van der Waals surface area (Å²) >= 11 is 3.53. The van der Waals surface area contributed by atoms with E-state index in [9.17, 15) is 4.79 Å². The summed E-state index contributed by atoms with van der Waals surface area (Å²) < 4.78 is 17.1. The number of rotatable bonds is 8. The number of halogens is 1. The minimum absolute atomic E-state index is 0.296. The fourth-order valence-corrected chi connectivity index (χ4v) is 4.16. The maximum absolute atomic E-state index is 12.9. The third kappa shape index (κ3) is 4.95. The van der Waals surface area contributed by atoms with Crippen LogP contribution in [0.25, 0.3) is 0 Å². The minimum atomic E-state index is -0.296. The summed E-state index contributed by atoms with van der Waals surface area (Å²) in [6, 6.07) is 7.43. The molecule has 1 N–H and O–H groups in total. The molecule has 0 atom stereocenters. The molecule has 35 heavy (non-hydrogen) atoms. The van der Waals surface area contributed by atoms with Crippen LogP contribution in [0.3, 0.4) is 0 Å². The maximum Gasteiger partial charge on any atom is 0.276 e. The Hall–Kier alpha value is -3.60. The van der Waals surface area contributed by atoms with Crippen LogP contribution >= 0.6 is 15.9 Å². The van der Waals surface area contributed by atoms with E-state index in [1.807, 2.05) is 55.3 Å². The Kier molecular flexibility index (Phi) is 6.97. The van der Waals surface area contributed by atoms with Gasteiger partial charge >= 0.3 is 0 Å². The first-order valence-electron chi connectivity index (χ1n) is 11.0. The van der Waals surface area contributed by atoms with Crippen LogP contribution in [0.5, 0.6) is 11.5 Å². The van der Waals surface area contributed by atoms with Crippen molar-refractivity contribution >= 4 is 27.5 Å². The van der Waals surface area contributed by atoms with Gasteiger partial charge in [-0.2, -0.15) is 15.3 Å². The lowest BCUT2D eigenvalue weighted by molar-refractivity contribution is 0.102. The number of nitrogens with one attached hydrogen (secondary N) is 1. The summed E-state index contributed by atoms with van der Waals surface area (Å²) in [6.45, 7) is 8.64. The van der Waals surface area contributed by atoms with Crippen molar-refractivity contribution in [3.8, 4) is 11.5 Å². The van der Waals surface area contributed by atoms with Crippen molar-refractivity contribution in [3.05, 3.63) is 69.0 Å². The van der Waals surface area contributed by atoms with Crippen molar-refractivity contribution in [2.45, 2.75) is 40.9 Å². The van der Waals surface area contributed by atoms with Gasteiger partial charge < -0.3 is 14.8 Å². The van der Waals surface area contributed by atoms with Crippen LogP contribution in [0, 0.1) is 27.7 Å². The lowest BCUT2D eigenvalue weighted by Gasteiger charge is -2.11. The van der Waals surface area contributed by atoms with Crippen molar-refractivity contribution < 1.29 is 14.3 Å². The van der Waals surface area contributed by atoms with E-state index in [1.54, 1.807) is 31.2 Å². The molecule has 184 valence electrons. The van der Waals surface area contributed by atoms with Gasteiger partial charge in [0, 0.05) is 6.20 Å². The van der Waals surface area contributed by atoms with E-state index in [4.69, 9.17) is 9.47 Å². The number of carbonyl (C=O) groups is 1. The summed E-state index contributed by atoms with van der Waals surface area (Å²) in [5.41, 5.74) is 5.46. The van der Waals surface area contributed by atoms with E-state index in [0.717, 1.165) is 32.8 Å². The molecule has 0 spiro atoms. The lowest BCUT2D eigenvalue weighted by atomic mass is 10.2. The van der Waals surface area contributed by atoms with Crippen molar-refractivity contribution in [1.82, 2.24) is 29.3 Å². The molecule has 0 fully saturated rings. The van der Waals surface area contributed by atoms with Gasteiger partial charge in [-0.15, -0.1) is 0 Å². The Morgan fingerprint density at radius 3 is 2.31 bits per heavy atom. The van der Waals surface area contributed by atoms with E-state index in [0.29, 0.717) is 36.1 Å². The highest BCUT2D eigenvalue weighted by Crippen LogP contribution is 2.29. The predicted octanol–water partition coefficient (Wildman–Crippen LogP) is 4.10. The summed E-state index contributed by atoms with van der Waals surface area (Å²) in [6.07, 6.45) is 1.76. The molecule has 0 saturated carbocycles. The number of carbonyl (C=O) groups excluding carboxylic acids is 1. The second-order valence-electron chi connectivity index (χ2n) is 8.21.